The highest BCUT2D eigenvalue weighted by Crippen LogP contribution is 2.51. The molecule has 2 N–H and O–H groups in total. The summed E-state index contributed by atoms with van der Waals surface area (Å²) in [5.74, 6) is 0. The minimum Gasteiger partial charge on any atom is -0.399 e. The third kappa shape index (κ3) is 3.85. The van der Waals surface area contributed by atoms with Gasteiger partial charge in [0.25, 0.3) is 0 Å². The monoisotopic (exact) mass is 591 g/mol. The van der Waals surface area contributed by atoms with Crippen LogP contribution in [-0.4, -0.2) is 4.57 Å². The van der Waals surface area contributed by atoms with Gasteiger partial charge in [-0.25, -0.2) is 0 Å². The molecule has 3 nitrogen and oxygen atoms in total. The first kappa shape index (κ1) is 26.6. The molecule has 1 aromatic heterocycles. The van der Waals surface area contributed by atoms with Crippen molar-refractivity contribution >= 4 is 55.3 Å². The molecule has 0 saturated carbocycles. The van der Waals surface area contributed by atoms with Crippen molar-refractivity contribution in [3.63, 3.8) is 0 Å². The van der Waals surface area contributed by atoms with Gasteiger partial charge in [0.05, 0.1) is 11.0 Å². The number of aromatic nitrogens is 1. The van der Waals surface area contributed by atoms with Crippen molar-refractivity contribution in [2.75, 3.05) is 10.6 Å². The summed E-state index contributed by atoms with van der Waals surface area (Å²) in [4.78, 5) is 2.39. The predicted molar refractivity (Wildman–Crippen MR) is 195 cm³/mol. The lowest BCUT2D eigenvalue weighted by atomic mass is 9.82. The number of hydrogen-bond donors (Lipinski definition) is 1. The number of nitrogens with zero attached hydrogens (tertiary/aromatic N) is 2. The molecular formula is C43H33N3. The number of fused-ring (bicyclic) bond motifs is 8. The SMILES string of the molecule is CC1(C)c2ccccc2-c2ccc(N(c3ccccc3)c3ccc4c5c6ccccc6ccc5n(-c5ccc(N)cc5)c4c3)cc21. The maximum atomic E-state index is 6.14. The molecule has 220 valence electrons. The third-order valence-corrected chi connectivity index (χ3v) is 9.89. The average molecular weight is 592 g/mol. The predicted octanol–water partition coefficient (Wildman–Crippen LogP) is 11.3. The third-order valence-electron chi connectivity index (χ3n) is 9.89. The molecule has 1 heterocycles. The Morgan fingerprint density at radius 2 is 1.22 bits per heavy atom. The van der Waals surface area contributed by atoms with E-state index < -0.39 is 0 Å². The van der Waals surface area contributed by atoms with Crippen LogP contribution in [0.1, 0.15) is 25.0 Å². The minimum absolute atomic E-state index is 0.0864. The Morgan fingerprint density at radius 3 is 2.07 bits per heavy atom. The molecule has 0 atom stereocenters. The number of nitrogen functional groups attached to an aromatic ring is 1. The molecule has 0 radical (unpaired) electrons. The highest BCUT2D eigenvalue weighted by atomic mass is 15.1. The van der Waals surface area contributed by atoms with Crippen LogP contribution in [0.2, 0.25) is 0 Å². The molecule has 7 aromatic carbocycles. The van der Waals surface area contributed by atoms with Gasteiger partial charge in [0.15, 0.2) is 0 Å². The van der Waals surface area contributed by atoms with E-state index >= 15 is 0 Å². The molecule has 0 bridgehead atoms. The number of hydrogen-bond acceptors (Lipinski definition) is 2. The van der Waals surface area contributed by atoms with Crippen LogP contribution in [0, 0.1) is 0 Å². The minimum atomic E-state index is -0.0864. The van der Waals surface area contributed by atoms with Gasteiger partial charge in [0.1, 0.15) is 0 Å². The molecule has 0 aliphatic heterocycles. The Labute approximate surface area is 268 Å². The highest BCUT2D eigenvalue weighted by Gasteiger charge is 2.35. The summed E-state index contributed by atoms with van der Waals surface area (Å²) in [6, 6.07) is 54.8. The summed E-state index contributed by atoms with van der Waals surface area (Å²) in [6.45, 7) is 4.69. The van der Waals surface area contributed by atoms with E-state index in [9.17, 15) is 0 Å². The number of nitrogens with two attached hydrogens (primary N) is 1. The maximum absolute atomic E-state index is 6.14. The van der Waals surface area contributed by atoms with E-state index in [-0.39, 0.29) is 5.41 Å². The summed E-state index contributed by atoms with van der Waals surface area (Å²) < 4.78 is 2.38. The molecule has 0 saturated heterocycles. The van der Waals surface area contributed by atoms with Crippen LogP contribution >= 0.6 is 0 Å². The Morgan fingerprint density at radius 1 is 0.522 bits per heavy atom. The van der Waals surface area contributed by atoms with Crippen LogP contribution in [0.25, 0.3) is 49.4 Å². The fourth-order valence-corrected chi connectivity index (χ4v) is 7.67. The van der Waals surface area contributed by atoms with Crippen molar-refractivity contribution in [1.82, 2.24) is 4.57 Å². The Balaban J connectivity index is 1.31. The Hall–Kier alpha value is -5.80. The van der Waals surface area contributed by atoms with E-state index in [1.54, 1.807) is 0 Å². The summed E-state index contributed by atoms with van der Waals surface area (Å²) in [7, 11) is 0. The molecule has 1 aliphatic carbocycles. The van der Waals surface area contributed by atoms with Gasteiger partial charge in [-0.1, -0.05) is 98.8 Å². The molecule has 8 aromatic rings. The number of anilines is 4. The molecule has 0 fully saturated rings. The van der Waals surface area contributed by atoms with E-state index in [0.717, 1.165) is 34.0 Å². The van der Waals surface area contributed by atoms with Gasteiger partial charge < -0.3 is 15.2 Å². The van der Waals surface area contributed by atoms with Crippen molar-refractivity contribution in [3.05, 3.63) is 163 Å². The van der Waals surface area contributed by atoms with Crippen LogP contribution in [0.4, 0.5) is 22.7 Å². The van der Waals surface area contributed by atoms with Crippen molar-refractivity contribution in [2.24, 2.45) is 0 Å². The maximum Gasteiger partial charge on any atom is 0.0562 e. The van der Waals surface area contributed by atoms with Crippen molar-refractivity contribution in [1.29, 1.82) is 0 Å². The van der Waals surface area contributed by atoms with Crippen LogP contribution in [0.3, 0.4) is 0 Å². The second kappa shape index (κ2) is 9.85. The molecule has 0 spiro atoms. The van der Waals surface area contributed by atoms with Crippen molar-refractivity contribution in [3.8, 4) is 16.8 Å². The van der Waals surface area contributed by atoms with Gasteiger partial charge in [-0.2, -0.15) is 0 Å². The smallest absolute Gasteiger partial charge is 0.0562 e. The number of benzene rings is 7. The summed E-state index contributed by atoms with van der Waals surface area (Å²) in [6.07, 6.45) is 0. The largest absolute Gasteiger partial charge is 0.399 e. The van der Waals surface area contributed by atoms with Crippen LogP contribution in [0.5, 0.6) is 0 Å². The molecule has 0 amide bonds. The van der Waals surface area contributed by atoms with Crippen molar-refractivity contribution in [2.45, 2.75) is 19.3 Å². The first-order valence-corrected chi connectivity index (χ1v) is 15.9. The van der Waals surface area contributed by atoms with Gasteiger partial charge in [0.2, 0.25) is 0 Å². The normalized spacial score (nSPS) is 13.3. The van der Waals surface area contributed by atoms with E-state index in [1.807, 2.05) is 12.1 Å². The van der Waals surface area contributed by atoms with Gasteiger partial charge in [-0.3, -0.25) is 0 Å². The molecule has 46 heavy (non-hydrogen) atoms. The summed E-state index contributed by atoms with van der Waals surface area (Å²) in [5, 5.41) is 4.99. The lowest BCUT2D eigenvalue weighted by Crippen LogP contribution is -2.16. The van der Waals surface area contributed by atoms with E-state index in [1.165, 1.54) is 49.3 Å². The lowest BCUT2D eigenvalue weighted by molar-refractivity contribution is 0.660. The average Bonchev–Trinajstić information content (AvgIpc) is 3.54. The van der Waals surface area contributed by atoms with E-state index in [2.05, 4.69) is 163 Å². The standard InChI is InChI=1S/C43H33N3/c1-43(2)38-15-9-8-14-35(38)36-23-21-32(26-39(36)43)45(30-11-4-3-5-12-30)33-22-24-37-41(27-33)46(31-19-17-29(44)18-20-31)40-25-16-28-10-6-7-13-34(28)42(37)40/h3-27H,44H2,1-2H3. The van der Waals surface area contributed by atoms with Crippen LogP contribution in [0.15, 0.2) is 152 Å². The summed E-state index contributed by atoms with van der Waals surface area (Å²) >= 11 is 0. The van der Waals surface area contributed by atoms with Gasteiger partial charge >= 0.3 is 0 Å². The zero-order chi connectivity index (χ0) is 31.0. The molecular weight excluding hydrogens is 558 g/mol. The number of rotatable bonds is 4. The topological polar surface area (TPSA) is 34.2 Å². The van der Waals surface area contributed by atoms with Crippen molar-refractivity contribution < 1.29 is 0 Å². The Kier molecular flexibility index (Phi) is 5.69. The van der Waals surface area contributed by atoms with E-state index in [4.69, 9.17) is 5.73 Å². The second-order valence-corrected chi connectivity index (χ2v) is 12.9. The Bertz CT molecular complexity index is 2450. The second-order valence-electron chi connectivity index (χ2n) is 12.9. The molecule has 9 rings (SSSR count). The number of para-hydroxylation sites is 1. The van der Waals surface area contributed by atoms with Gasteiger partial charge in [-0.05, 0) is 99.8 Å². The quantitative estimate of drug-likeness (QED) is 0.207. The molecule has 3 heteroatoms. The molecule has 0 unspecified atom stereocenters. The van der Waals surface area contributed by atoms with Gasteiger partial charge in [0, 0.05) is 44.6 Å². The molecule has 1 aliphatic rings. The lowest BCUT2D eigenvalue weighted by Gasteiger charge is -2.28. The fourth-order valence-electron chi connectivity index (χ4n) is 7.67. The first-order valence-electron chi connectivity index (χ1n) is 15.9. The first-order chi connectivity index (χ1) is 22.5. The zero-order valence-corrected chi connectivity index (χ0v) is 25.9. The zero-order valence-electron chi connectivity index (χ0n) is 25.9. The fraction of sp³-hybridized carbons (Fsp3) is 0.0698. The van der Waals surface area contributed by atoms with Crippen LogP contribution < -0.4 is 10.6 Å². The van der Waals surface area contributed by atoms with E-state index in [0.29, 0.717) is 0 Å². The van der Waals surface area contributed by atoms with Crippen LogP contribution in [-0.2, 0) is 5.41 Å². The van der Waals surface area contributed by atoms with Gasteiger partial charge in [-0.15, -0.1) is 0 Å². The highest BCUT2D eigenvalue weighted by molar-refractivity contribution is 6.21. The summed E-state index contributed by atoms with van der Waals surface area (Å²) in [5.41, 5.74) is 19.0.